The second-order valence-corrected chi connectivity index (χ2v) is 6.49. The summed E-state index contributed by atoms with van der Waals surface area (Å²) in [4.78, 5) is 0. The van der Waals surface area contributed by atoms with Gasteiger partial charge in [-0.2, -0.15) is 0 Å². The zero-order valence-corrected chi connectivity index (χ0v) is 11.4. The Hall–Kier alpha value is -0.170. The van der Waals surface area contributed by atoms with Crippen LogP contribution in [-0.2, 0) is 14.8 Å². The molecule has 0 aliphatic carbocycles. The van der Waals surface area contributed by atoms with E-state index < -0.39 is 10.0 Å². The molecule has 102 valence electrons. The van der Waals surface area contributed by atoms with Crippen LogP contribution in [0.15, 0.2) is 0 Å². The van der Waals surface area contributed by atoms with Crippen LogP contribution in [0.25, 0.3) is 0 Å². The predicted molar refractivity (Wildman–Crippen MR) is 68.5 cm³/mol. The van der Waals surface area contributed by atoms with Crippen LogP contribution in [-0.4, -0.2) is 47.0 Å². The average Bonchev–Trinajstić information content (AvgIpc) is 2.35. The van der Waals surface area contributed by atoms with Crippen molar-refractivity contribution in [1.29, 1.82) is 0 Å². The maximum absolute atomic E-state index is 11.9. The van der Waals surface area contributed by atoms with Crippen LogP contribution in [0.3, 0.4) is 0 Å². The summed E-state index contributed by atoms with van der Waals surface area (Å²) in [6, 6.07) is 0. The maximum Gasteiger partial charge on any atom is 0.214 e. The number of hydrogen-bond donors (Lipinski definition) is 2. The van der Waals surface area contributed by atoms with Gasteiger partial charge in [-0.25, -0.2) is 13.1 Å². The third-order valence-corrected chi connectivity index (χ3v) is 5.01. The number of rotatable bonds is 8. The van der Waals surface area contributed by atoms with E-state index in [0.29, 0.717) is 6.54 Å². The lowest BCUT2D eigenvalue weighted by atomic mass is 10.2. The highest BCUT2D eigenvalue weighted by atomic mass is 32.2. The number of sulfonamides is 1. The molecule has 2 N–H and O–H groups in total. The Morgan fingerprint density at radius 1 is 1.24 bits per heavy atom. The van der Waals surface area contributed by atoms with Crippen molar-refractivity contribution in [1.82, 2.24) is 10.0 Å². The largest absolute Gasteiger partial charge is 0.385 e. The van der Waals surface area contributed by atoms with Gasteiger partial charge in [-0.1, -0.05) is 0 Å². The normalized spacial score (nSPS) is 18.4. The molecular weight excluding hydrogens is 240 g/mol. The van der Waals surface area contributed by atoms with Gasteiger partial charge in [0.25, 0.3) is 0 Å². The molecule has 1 saturated heterocycles. The summed E-state index contributed by atoms with van der Waals surface area (Å²) in [5.74, 6) is 0. The molecule has 0 aromatic rings. The van der Waals surface area contributed by atoms with Gasteiger partial charge < -0.3 is 10.1 Å². The van der Waals surface area contributed by atoms with Gasteiger partial charge in [-0.3, -0.25) is 0 Å². The zero-order chi connectivity index (χ0) is 12.6. The first kappa shape index (κ1) is 14.9. The number of ether oxygens (including phenoxy) is 1. The third-order valence-electron chi connectivity index (χ3n) is 3.05. The van der Waals surface area contributed by atoms with E-state index in [4.69, 9.17) is 4.74 Å². The van der Waals surface area contributed by atoms with Crippen molar-refractivity contribution in [2.45, 2.75) is 37.4 Å². The molecule has 1 rings (SSSR count). The lowest BCUT2D eigenvalue weighted by molar-refractivity contribution is 0.192. The minimum Gasteiger partial charge on any atom is -0.385 e. The number of hydrogen-bond acceptors (Lipinski definition) is 4. The van der Waals surface area contributed by atoms with Crippen molar-refractivity contribution in [2.24, 2.45) is 0 Å². The van der Waals surface area contributed by atoms with Crippen molar-refractivity contribution in [3.63, 3.8) is 0 Å². The molecule has 0 atom stereocenters. The highest BCUT2D eigenvalue weighted by Crippen LogP contribution is 2.11. The van der Waals surface area contributed by atoms with E-state index in [1.165, 1.54) is 0 Å². The molecule has 1 heterocycles. The van der Waals surface area contributed by atoms with Gasteiger partial charge in [0, 0.05) is 20.3 Å². The molecule has 5 nitrogen and oxygen atoms in total. The van der Waals surface area contributed by atoms with Crippen LogP contribution in [0.1, 0.15) is 32.1 Å². The SMILES string of the molecule is COCCCCCNS(=O)(=O)C1CCNCC1. The van der Waals surface area contributed by atoms with Crippen molar-refractivity contribution in [2.75, 3.05) is 33.4 Å². The molecule has 1 aliphatic rings. The Morgan fingerprint density at radius 2 is 1.94 bits per heavy atom. The number of nitrogens with one attached hydrogen (secondary N) is 2. The summed E-state index contributed by atoms with van der Waals surface area (Å²) in [5.41, 5.74) is 0. The van der Waals surface area contributed by atoms with Crippen molar-refractivity contribution >= 4 is 10.0 Å². The molecule has 6 heteroatoms. The first-order valence-corrected chi connectivity index (χ1v) is 7.89. The van der Waals surface area contributed by atoms with Gasteiger partial charge in [-0.15, -0.1) is 0 Å². The van der Waals surface area contributed by atoms with Crippen LogP contribution in [0.2, 0.25) is 0 Å². The topological polar surface area (TPSA) is 67.4 Å². The molecule has 17 heavy (non-hydrogen) atoms. The summed E-state index contributed by atoms with van der Waals surface area (Å²) < 4.78 is 31.5. The molecule has 0 unspecified atom stereocenters. The molecular formula is C11H24N2O3S. The standard InChI is InChI=1S/C11H24N2O3S/c1-16-10-4-2-3-7-13-17(14,15)11-5-8-12-9-6-11/h11-13H,2-10H2,1H3. The maximum atomic E-state index is 11.9. The van der Waals surface area contributed by atoms with Crippen LogP contribution >= 0.6 is 0 Å². The molecule has 0 amide bonds. The highest BCUT2D eigenvalue weighted by Gasteiger charge is 2.26. The second-order valence-electron chi connectivity index (χ2n) is 4.44. The van der Waals surface area contributed by atoms with Gasteiger partial charge >= 0.3 is 0 Å². The Bertz CT molecular complexity index is 287. The van der Waals surface area contributed by atoms with E-state index in [1.54, 1.807) is 7.11 Å². The quantitative estimate of drug-likeness (QED) is 0.626. The average molecular weight is 264 g/mol. The van der Waals surface area contributed by atoms with Gasteiger partial charge in [-0.05, 0) is 45.2 Å². The minimum atomic E-state index is -3.10. The molecule has 0 radical (unpaired) electrons. The van der Waals surface area contributed by atoms with Gasteiger partial charge in [0.05, 0.1) is 5.25 Å². The Morgan fingerprint density at radius 3 is 2.59 bits per heavy atom. The molecule has 1 aliphatic heterocycles. The summed E-state index contributed by atoms with van der Waals surface area (Å²) in [5, 5.41) is 2.97. The van der Waals surface area contributed by atoms with Gasteiger partial charge in [0.1, 0.15) is 0 Å². The smallest absolute Gasteiger partial charge is 0.214 e. The molecule has 0 spiro atoms. The second kappa shape index (κ2) is 8.02. The fourth-order valence-corrected chi connectivity index (χ4v) is 3.51. The highest BCUT2D eigenvalue weighted by molar-refractivity contribution is 7.90. The molecule has 0 bridgehead atoms. The summed E-state index contributed by atoms with van der Waals surface area (Å²) in [7, 11) is -1.42. The molecule has 1 fully saturated rings. The summed E-state index contributed by atoms with van der Waals surface area (Å²) in [6.07, 6.45) is 4.32. The van der Waals surface area contributed by atoms with E-state index in [-0.39, 0.29) is 5.25 Å². The molecule has 0 aromatic carbocycles. The van der Waals surface area contributed by atoms with E-state index >= 15 is 0 Å². The third kappa shape index (κ3) is 5.81. The van der Waals surface area contributed by atoms with Crippen molar-refractivity contribution in [3.8, 4) is 0 Å². The van der Waals surface area contributed by atoms with Crippen LogP contribution in [0.5, 0.6) is 0 Å². The lowest BCUT2D eigenvalue weighted by Gasteiger charge is -2.22. The molecule has 0 saturated carbocycles. The van der Waals surface area contributed by atoms with Crippen LogP contribution in [0.4, 0.5) is 0 Å². The minimum absolute atomic E-state index is 0.206. The summed E-state index contributed by atoms with van der Waals surface area (Å²) in [6.45, 7) is 2.91. The predicted octanol–water partition coefficient (Wildman–Crippen LogP) is 0.475. The van der Waals surface area contributed by atoms with Gasteiger partial charge in [0.15, 0.2) is 0 Å². The fraction of sp³-hybridized carbons (Fsp3) is 1.00. The number of methoxy groups -OCH3 is 1. The van der Waals surface area contributed by atoms with Crippen LogP contribution in [0, 0.1) is 0 Å². The monoisotopic (exact) mass is 264 g/mol. The molecule has 0 aromatic heterocycles. The number of unbranched alkanes of at least 4 members (excludes halogenated alkanes) is 2. The van der Waals surface area contributed by atoms with Gasteiger partial charge in [0.2, 0.25) is 10.0 Å². The van der Waals surface area contributed by atoms with Crippen LogP contribution < -0.4 is 10.0 Å². The Kier molecular flexibility index (Phi) is 7.03. The fourth-order valence-electron chi connectivity index (χ4n) is 1.99. The number of piperidine rings is 1. The zero-order valence-electron chi connectivity index (χ0n) is 10.6. The first-order chi connectivity index (χ1) is 8.17. The van der Waals surface area contributed by atoms with Crippen molar-refractivity contribution < 1.29 is 13.2 Å². The Labute approximate surface area is 104 Å². The van der Waals surface area contributed by atoms with E-state index in [0.717, 1.165) is 51.8 Å². The van der Waals surface area contributed by atoms with Crippen molar-refractivity contribution in [3.05, 3.63) is 0 Å². The summed E-state index contributed by atoms with van der Waals surface area (Å²) >= 11 is 0. The van der Waals surface area contributed by atoms with E-state index in [2.05, 4.69) is 10.0 Å². The Balaban J connectivity index is 2.15. The van der Waals surface area contributed by atoms with E-state index in [9.17, 15) is 8.42 Å². The first-order valence-electron chi connectivity index (χ1n) is 6.35. The lowest BCUT2D eigenvalue weighted by Crippen LogP contribution is -2.41. The van der Waals surface area contributed by atoms with E-state index in [1.807, 2.05) is 0 Å².